The summed E-state index contributed by atoms with van der Waals surface area (Å²) in [5.74, 6) is -1.06. The molecule has 7 nitrogen and oxygen atoms in total. The van der Waals surface area contributed by atoms with Crippen LogP contribution in [0.3, 0.4) is 0 Å². The number of carbonyl (C=O) groups is 2. The molecule has 0 radical (unpaired) electrons. The molecule has 3 aromatic rings. The van der Waals surface area contributed by atoms with Crippen LogP contribution in [0.1, 0.15) is 62.1 Å². The first kappa shape index (κ1) is 35.3. The van der Waals surface area contributed by atoms with Crippen LogP contribution in [0.5, 0.6) is 0 Å². The molecule has 0 bridgehead atoms. The number of carbonyl (C=O) groups excluding carboxylic acids is 2. The molecule has 4 rings (SSSR count). The topological polar surface area (TPSA) is 86.8 Å². The second kappa shape index (κ2) is 15.3. The standard InChI is InChI=1S/C34H39ClF3N3O4S/c1-3-31(33(43)39-26-12-8-5-9-13-26)40(21-20-25-10-6-4-7-11-25)32(42)23-41(46(44,45)28-17-14-24(2)15-18-28)27-16-19-30(35)29(22-27)34(36,37)38/h4,6-7,10-11,14-19,22,26,31H,3,5,8-9,12-13,20-21,23H2,1-2H3,(H,39,43)/t31-/m1/s1. The second-order valence-electron chi connectivity index (χ2n) is 11.6. The Morgan fingerprint density at radius 3 is 2.24 bits per heavy atom. The summed E-state index contributed by atoms with van der Waals surface area (Å²) in [5.41, 5.74) is 0.0598. The summed E-state index contributed by atoms with van der Waals surface area (Å²) in [7, 11) is -4.54. The van der Waals surface area contributed by atoms with E-state index in [1.54, 1.807) is 26.0 Å². The summed E-state index contributed by atoms with van der Waals surface area (Å²) >= 11 is 5.86. The third-order valence-electron chi connectivity index (χ3n) is 8.25. The van der Waals surface area contributed by atoms with Crippen molar-refractivity contribution >= 4 is 39.1 Å². The zero-order valence-electron chi connectivity index (χ0n) is 25.9. The molecule has 1 saturated carbocycles. The molecular formula is C34H39ClF3N3O4S. The fourth-order valence-corrected chi connectivity index (χ4v) is 7.32. The Morgan fingerprint density at radius 2 is 1.63 bits per heavy atom. The molecule has 1 aliphatic rings. The molecule has 1 aliphatic carbocycles. The number of hydrogen-bond acceptors (Lipinski definition) is 4. The number of hydrogen-bond donors (Lipinski definition) is 1. The van der Waals surface area contributed by atoms with Crippen molar-refractivity contribution in [2.24, 2.45) is 0 Å². The monoisotopic (exact) mass is 677 g/mol. The predicted molar refractivity (Wildman–Crippen MR) is 173 cm³/mol. The Kier molecular flexibility index (Phi) is 11.8. The molecule has 248 valence electrons. The Labute approximate surface area is 273 Å². The molecule has 0 spiro atoms. The zero-order valence-corrected chi connectivity index (χ0v) is 27.5. The van der Waals surface area contributed by atoms with Crippen molar-refractivity contribution in [2.75, 3.05) is 17.4 Å². The summed E-state index contributed by atoms with van der Waals surface area (Å²) in [5, 5.41) is 2.47. The second-order valence-corrected chi connectivity index (χ2v) is 13.8. The average Bonchev–Trinajstić information content (AvgIpc) is 3.02. The number of aryl methyl sites for hydroxylation is 1. The van der Waals surface area contributed by atoms with Gasteiger partial charge in [-0.3, -0.25) is 13.9 Å². The summed E-state index contributed by atoms with van der Waals surface area (Å²) in [4.78, 5) is 29.0. The van der Waals surface area contributed by atoms with Gasteiger partial charge >= 0.3 is 6.18 Å². The number of benzene rings is 3. The first-order valence-corrected chi connectivity index (χ1v) is 17.2. The third-order valence-corrected chi connectivity index (χ3v) is 10.4. The van der Waals surface area contributed by atoms with E-state index in [-0.39, 0.29) is 35.5 Å². The van der Waals surface area contributed by atoms with Crippen LogP contribution in [-0.4, -0.2) is 50.3 Å². The van der Waals surface area contributed by atoms with Crippen LogP contribution in [0.4, 0.5) is 18.9 Å². The minimum Gasteiger partial charge on any atom is -0.352 e. The van der Waals surface area contributed by atoms with Gasteiger partial charge in [-0.25, -0.2) is 8.42 Å². The lowest BCUT2D eigenvalue weighted by molar-refractivity contribution is -0.140. The van der Waals surface area contributed by atoms with Gasteiger partial charge < -0.3 is 10.2 Å². The number of alkyl halides is 3. The van der Waals surface area contributed by atoms with Gasteiger partial charge in [0.05, 0.1) is 21.2 Å². The molecule has 1 fully saturated rings. The Hall–Kier alpha value is -3.57. The molecule has 2 amide bonds. The molecular weight excluding hydrogens is 639 g/mol. The lowest BCUT2D eigenvalue weighted by Crippen LogP contribution is -2.54. The van der Waals surface area contributed by atoms with Crippen LogP contribution in [0, 0.1) is 6.92 Å². The molecule has 1 atom stereocenters. The zero-order chi connectivity index (χ0) is 33.5. The highest BCUT2D eigenvalue weighted by Crippen LogP contribution is 2.38. The maximum atomic E-state index is 14.2. The molecule has 0 aliphatic heterocycles. The number of nitrogens with zero attached hydrogens (tertiary/aromatic N) is 2. The summed E-state index contributed by atoms with van der Waals surface area (Å²) in [6, 6.07) is 16.9. The minimum atomic E-state index is -4.87. The van der Waals surface area contributed by atoms with Crippen molar-refractivity contribution in [3.63, 3.8) is 0 Å². The highest BCUT2D eigenvalue weighted by atomic mass is 35.5. The SMILES string of the molecule is CC[C@H](C(=O)NC1CCCCC1)N(CCc1ccccc1)C(=O)CN(c1ccc(Cl)c(C(F)(F)F)c1)S(=O)(=O)c1ccc(C)cc1. The van der Waals surface area contributed by atoms with Gasteiger partial charge in [-0.15, -0.1) is 0 Å². The van der Waals surface area contributed by atoms with Crippen molar-refractivity contribution in [3.8, 4) is 0 Å². The number of sulfonamides is 1. The maximum Gasteiger partial charge on any atom is 0.417 e. The Bertz CT molecular complexity index is 1600. The molecule has 12 heteroatoms. The largest absolute Gasteiger partial charge is 0.417 e. The van der Waals surface area contributed by atoms with Gasteiger partial charge in [-0.1, -0.05) is 85.8 Å². The van der Waals surface area contributed by atoms with Gasteiger partial charge in [-0.2, -0.15) is 13.2 Å². The summed E-state index contributed by atoms with van der Waals surface area (Å²) in [6.45, 7) is 2.79. The number of amides is 2. The lowest BCUT2D eigenvalue weighted by Gasteiger charge is -2.34. The van der Waals surface area contributed by atoms with E-state index in [0.717, 1.165) is 55.4 Å². The van der Waals surface area contributed by atoms with Crippen molar-refractivity contribution in [3.05, 3.63) is 94.5 Å². The van der Waals surface area contributed by atoms with E-state index < -0.39 is 45.3 Å². The normalized spacial score (nSPS) is 14.8. The van der Waals surface area contributed by atoms with E-state index >= 15 is 0 Å². The molecule has 46 heavy (non-hydrogen) atoms. The van der Waals surface area contributed by atoms with Crippen LogP contribution < -0.4 is 9.62 Å². The van der Waals surface area contributed by atoms with E-state index in [4.69, 9.17) is 11.6 Å². The van der Waals surface area contributed by atoms with Crippen LogP contribution in [-0.2, 0) is 32.2 Å². The predicted octanol–water partition coefficient (Wildman–Crippen LogP) is 7.16. The van der Waals surface area contributed by atoms with E-state index in [0.29, 0.717) is 16.8 Å². The molecule has 0 aromatic heterocycles. The van der Waals surface area contributed by atoms with Gasteiger partial charge in [0.15, 0.2) is 0 Å². The number of halogens is 4. The summed E-state index contributed by atoms with van der Waals surface area (Å²) in [6.07, 6.45) is 0.505. The fourth-order valence-electron chi connectivity index (χ4n) is 5.69. The quantitative estimate of drug-likeness (QED) is 0.220. The average molecular weight is 678 g/mol. The van der Waals surface area contributed by atoms with Crippen molar-refractivity contribution < 1.29 is 31.2 Å². The van der Waals surface area contributed by atoms with Crippen LogP contribution in [0.25, 0.3) is 0 Å². The lowest BCUT2D eigenvalue weighted by atomic mass is 9.95. The molecule has 1 N–H and O–H groups in total. The van der Waals surface area contributed by atoms with Crippen LogP contribution in [0.2, 0.25) is 5.02 Å². The van der Waals surface area contributed by atoms with Gasteiger partial charge in [0.25, 0.3) is 10.0 Å². The first-order chi connectivity index (χ1) is 21.8. The van der Waals surface area contributed by atoms with E-state index in [9.17, 15) is 31.2 Å². The van der Waals surface area contributed by atoms with E-state index in [1.807, 2.05) is 30.3 Å². The maximum absolute atomic E-state index is 14.2. The highest BCUT2D eigenvalue weighted by molar-refractivity contribution is 7.92. The van der Waals surface area contributed by atoms with Crippen molar-refractivity contribution in [1.29, 1.82) is 0 Å². The van der Waals surface area contributed by atoms with Crippen LogP contribution in [0.15, 0.2) is 77.7 Å². The van der Waals surface area contributed by atoms with Crippen molar-refractivity contribution in [1.82, 2.24) is 10.2 Å². The fraction of sp³-hybridized carbons (Fsp3) is 0.412. The Morgan fingerprint density at radius 1 is 0.978 bits per heavy atom. The number of anilines is 1. The number of nitrogens with one attached hydrogen (secondary N) is 1. The third kappa shape index (κ3) is 8.82. The van der Waals surface area contributed by atoms with Crippen LogP contribution >= 0.6 is 11.6 Å². The molecule has 3 aromatic carbocycles. The van der Waals surface area contributed by atoms with Gasteiger partial charge in [0.1, 0.15) is 12.6 Å². The molecule has 0 heterocycles. The first-order valence-electron chi connectivity index (χ1n) is 15.4. The Balaban J connectivity index is 1.74. The summed E-state index contributed by atoms with van der Waals surface area (Å²) < 4.78 is 70.3. The van der Waals surface area contributed by atoms with E-state index in [1.165, 1.54) is 17.0 Å². The van der Waals surface area contributed by atoms with Gasteiger partial charge in [0.2, 0.25) is 11.8 Å². The van der Waals surface area contributed by atoms with Gasteiger partial charge in [-0.05, 0) is 68.5 Å². The molecule has 0 unspecified atom stereocenters. The minimum absolute atomic E-state index is 0.0188. The van der Waals surface area contributed by atoms with Crippen molar-refractivity contribution in [2.45, 2.75) is 81.9 Å². The smallest absolute Gasteiger partial charge is 0.352 e. The number of rotatable bonds is 12. The van der Waals surface area contributed by atoms with Gasteiger partial charge in [0, 0.05) is 12.6 Å². The molecule has 0 saturated heterocycles. The highest BCUT2D eigenvalue weighted by Gasteiger charge is 2.37. The van der Waals surface area contributed by atoms with E-state index in [2.05, 4.69) is 5.32 Å².